The van der Waals surface area contributed by atoms with Crippen LogP contribution in [-0.4, -0.2) is 66.0 Å². The lowest BCUT2D eigenvalue weighted by atomic mass is 9.98. The van der Waals surface area contributed by atoms with Crippen LogP contribution >= 0.6 is 0 Å². The monoisotopic (exact) mass is 436 g/mol. The van der Waals surface area contributed by atoms with Gasteiger partial charge in [0.15, 0.2) is 0 Å². The molecule has 2 unspecified atom stereocenters. The molecule has 170 valence electrons. The maximum absolute atomic E-state index is 5.99. The first-order chi connectivity index (χ1) is 15.5. The summed E-state index contributed by atoms with van der Waals surface area (Å²) in [5, 5.41) is 4.44. The topological polar surface area (TPSA) is 90.3 Å². The molecular weight excluding hydrogens is 404 g/mol. The number of ether oxygens (including phenoxy) is 2. The molecule has 0 spiro atoms. The van der Waals surface area contributed by atoms with Crippen molar-refractivity contribution < 1.29 is 9.47 Å². The van der Waals surface area contributed by atoms with Crippen molar-refractivity contribution in [1.82, 2.24) is 14.7 Å². The number of aliphatic imine (C=N–C) groups is 2. The van der Waals surface area contributed by atoms with Gasteiger partial charge in [-0.3, -0.25) is 9.67 Å². The first-order valence-corrected chi connectivity index (χ1v) is 11.1. The van der Waals surface area contributed by atoms with E-state index in [1.54, 1.807) is 14.2 Å². The maximum Gasteiger partial charge on any atom is 0.120 e. The van der Waals surface area contributed by atoms with Crippen molar-refractivity contribution in [2.75, 3.05) is 27.3 Å². The van der Waals surface area contributed by atoms with Gasteiger partial charge in [-0.05, 0) is 32.4 Å². The SMILES string of the molecule is COC1=CC(N(CCN)C2=CCC3N=CC(c4cnn(C(C)C)c4)=NC3=C2)CC(OC)=C1. The third-order valence-corrected chi connectivity index (χ3v) is 5.91. The van der Waals surface area contributed by atoms with Crippen LogP contribution in [0.3, 0.4) is 0 Å². The van der Waals surface area contributed by atoms with Crippen LogP contribution < -0.4 is 5.73 Å². The molecule has 0 aromatic carbocycles. The Bertz CT molecular complexity index is 1030. The van der Waals surface area contributed by atoms with Gasteiger partial charge in [-0.15, -0.1) is 0 Å². The molecule has 4 rings (SSSR count). The Morgan fingerprint density at radius 2 is 2.09 bits per heavy atom. The molecule has 2 atom stereocenters. The molecule has 1 aromatic rings. The fraction of sp³-hybridized carbons (Fsp3) is 0.458. The highest BCUT2D eigenvalue weighted by Gasteiger charge is 2.28. The molecule has 8 nitrogen and oxygen atoms in total. The fourth-order valence-corrected chi connectivity index (χ4v) is 4.14. The Kier molecular flexibility index (Phi) is 6.60. The van der Waals surface area contributed by atoms with Gasteiger partial charge in [0, 0.05) is 55.3 Å². The van der Waals surface area contributed by atoms with Crippen molar-refractivity contribution >= 4 is 11.9 Å². The van der Waals surface area contributed by atoms with Gasteiger partial charge in [-0.2, -0.15) is 5.10 Å². The van der Waals surface area contributed by atoms with Gasteiger partial charge in [0.05, 0.1) is 43.9 Å². The zero-order valence-corrected chi connectivity index (χ0v) is 19.2. The van der Waals surface area contributed by atoms with Crippen molar-refractivity contribution in [3.8, 4) is 0 Å². The summed E-state index contributed by atoms with van der Waals surface area (Å²) in [5.74, 6) is 1.69. The van der Waals surface area contributed by atoms with E-state index in [0.29, 0.717) is 12.6 Å². The number of aromatic nitrogens is 2. The molecule has 8 heteroatoms. The number of nitrogens with two attached hydrogens (primary N) is 1. The maximum atomic E-state index is 5.99. The van der Waals surface area contributed by atoms with Gasteiger partial charge >= 0.3 is 0 Å². The van der Waals surface area contributed by atoms with Gasteiger partial charge < -0.3 is 20.1 Å². The summed E-state index contributed by atoms with van der Waals surface area (Å²) in [6, 6.07) is 0.443. The van der Waals surface area contributed by atoms with Gasteiger partial charge in [0.1, 0.15) is 11.5 Å². The number of rotatable bonds is 8. The average molecular weight is 437 g/mol. The Morgan fingerprint density at radius 1 is 1.25 bits per heavy atom. The molecule has 0 bridgehead atoms. The summed E-state index contributed by atoms with van der Waals surface area (Å²) in [6.07, 6.45) is 15.7. The predicted octanol–water partition coefficient (Wildman–Crippen LogP) is 2.97. The molecule has 0 radical (unpaired) electrons. The zero-order valence-electron chi connectivity index (χ0n) is 19.2. The molecule has 0 saturated heterocycles. The zero-order chi connectivity index (χ0) is 22.7. The van der Waals surface area contributed by atoms with E-state index >= 15 is 0 Å². The average Bonchev–Trinajstić information content (AvgIpc) is 3.32. The molecule has 1 aliphatic heterocycles. The predicted molar refractivity (Wildman–Crippen MR) is 127 cm³/mol. The highest BCUT2D eigenvalue weighted by atomic mass is 16.5. The Morgan fingerprint density at radius 3 is 2.78 bits per heavy atom. The van der Waals surface area contributed by atoms with Crippen molar-refractivity contribution in [1.29, 1.82) is 0 Å². The highest BCUT2D eigenvalue weighted by molar-refractivity contribution is 6.38. The first-order valence-electron chi connectivity index (χ1n) is 11.1. The molecule has 32 heavy (non-hydrogen) atoms. The Balaban J connectivity index is 1.61. The molecular formula is C24H32N6O2. The van der Waals surface area contributed by atoms with Crippen molar-refractivity contribution in [3.05, 3.63) is 65.2 Å². The number of fused-ring (bicyclic) bond motifs is 1. The summed E-state index contributed by atoms with van der Waals surface area (Å²) >= 11 is 0. The minimum atomic E-state index is 0.0493. The fourth-order valence-electron chi connectivity index (χ4n) is 4.14. The molecule has 2 heterocycles. The van der Waals surface area contributed by atoms with Crippen LogP contribution in [-0.2, 0) is 9.47 Å². The van der Waals surface area contributed by atoms with E-state index in [4.69, 9.17) is 25.2 Å². The van der Waals surface area contributed by atoms with Gasteiger partial charge in [-0.1, -0.05) is 6.08 Å². The van der Waals surface area contributed by atoms with Gasteiger partial charge in [-0.25, -0.2) is 4.99 Å². The van der Waals surface area contributed by atoms with E-state index in [9.17, 15) is 0 Å². The van der Waals surface area contributed by atoms with Crippen molar-refractivity contribution in [3.63, 3.8) is 0 Å². The van der Waals surface area contributed by atoms with Gasteiger partial charge in [0.2, 0.25) is 0 Å². The Hall–Kier alpha value is -3.13. The standard InChI is InChI=1S/C24H32N6O2/c1-16(2)30-15-17(13-27-30)24-14-26-22-6-5-18(11-23(22)28-24)29(8-7-25)19-9-20(31-3)12-21(10-19)32-4/h5,9,11-16,19,22H,6-8,10,25H2,1-4H3. The van der Waals surface area contributed by atoms with E-state index < -0.39 is 0 Å². The van der Waals surface area contributed by atoms with Crippen LogP contribution in [0.2, 0.25) is 0 Å². The van der Waals surface area contributed by atoms with Gasteiger partial charge in [0.25, 0.3) is 0 Å². The van der Waals surface area contributed by atoms with E-state index in [-0.39, 0.29) is 12.1 Å². The quantitative estimate of drug-likeness (QED) is 0.677. The normalized spacial score (nSPS) is 22.4. The van der Waals surface area contributed by atoms with Crippen LogP contribution in [0.5, 0.6) is 0 Å². The molecule has 0 fully saturated rings. The van der Waals surface area contributed by atoms with E-state index in [1.807, 2.05) is 29.4 Å². The summed E-state index contributed by atoms with van der Waals surface area (Å²) < 4.78 is 13.0. The second-order valence-corrected chi connectivity index (χ2v) is 8.37. The summed E-state index contributed by atoms with van der Waals surface area (Å²) in [5.41, 5.74) is 9.88. The minimum absolute atomic E-state index is 0.0493. The second-order valence-electron chi connectivity index (χ2n) is 8.37. The third-order valence-electron chi connectivity index (χ3n) is 5.91. The van der Waals surface area contributed by atoms with E-state index in [0.717, 1.165) is 53.6 Å². The van der Waals surface area contributed by atoms with Crippen LogP contribution in [0.4, 0.5) is 0 Å². The number of hydrogen-bond acceptors (Lipinski definition) is 7. The van der Waals surface area contributed by atoms with E-state index in [1.165, 1.54) is 0 Å². The smallest absolute Gasteiger partial charge is 0.120 e. The second kappa shape index (κ2) is 9.56. The molecule has 2 aliphatic carbocycles. The number of hydrogen-bond donors (Lipinski definition) is 1. The van der Waals surface area contributed by atoms with E-state index in [2.05, 4.69) is 42.1 Å². The number of methoxy groups -OCH3 is 2. The lowest BCUT2D eigenvalue weighted by Gasteiger charge is -2.36. The highest BCUT2D eigenvalue weighted by Crippen LogP contribution is 2.31. The summed E-state index contributed by atoms with van der Waals surface area (Å²) in [6.45, 7) is 5.48. The molecule has 0 saturated carbocycles. The largest absolute Gasteiger partial charge is 0.501 e. The lowest BCUT2D eigenvalue weighted by Crippen LogP contribution is -2.39. The van der Waals surface area contributed by atoms with Crippen LogP contribution in [0, 0.1) is 0 Å². The number of allylic oxidation sites excluding steroid dienone is 2. The van der Waals surface area contributed by atoms with Crippen molar-refractivity contribution in [2.24, 2.45) is 15.7 Å². The van der Waals surface area contributed by atoms with Crippen LogP contribution in [0.25, 0.3) is 0 Å². The summed E-state index contributed by atoms with van der Waals surface area (Å²) in [4.78, 5) is 12.0. The van der Waals surface area contributed by atoms with Crippen molar-refractivity contribution in [2.45, 2.75) is 44.8 Å². The summed E-state index contributed by atoms with van der Waals surface area (Å²) in [7, 11) is 3.37. The Labute approximate surface area is 189 Å². The molecule has 3 aliphatic rings. The molecule has 0 amide bonds. The first kappa shape index (κ1) is 22.1. The lowest BCUT2D eigenvalue weighted by molar-refractivity contribution is 0.213. The molecule has 2 N–H and O–H groups in total. The minimum Gasteiger partial charge on any atom is -0.501 e. The van der Waals surface area contributed by atoms with Crippen LogP contribution in [0.1, 0.15) is 38.3 Å². The van der Waals surface area contributed by atoms with Crippen LogP contribution in [0.15, 0.2) is 69.6 Å². The third kappa shape index (κ3) is 4.55. The molecule has 1 aromatic heterocycles. The number of nitrogens with zero attached hydrogens (tertiary/aromatic N) is 5.